The van der Waals surface area contributed by atoms with Crippen LogP contribution in [0.3, 0.4) is 0 Å². The molecule has 0 saturated heterocycles. The van der Waals surface area contributed by atoms with Crippen LogP contribution in [0.25, 0.3) is 44.9 Å². The zero-order chi connectivity index (χ0) is 34.9. The van der Waals surface area contributed by atoms with Crippen LogP contribution in [0.4, 0.5) is 5.69 Å². The van der Waals surface area contributed by atoms with Crippen LogP contribution < -0.4 is 15.4 Å². The molecule has 11 rings (SSSR count). The molecule has 4 atom stereocenters. The summed E-state index contributed by atoms with van der Waals surface area (Å²) in [5.41, 5.74) is 7.24. The summed E-state index contributed by atoms with van der Waals surface area (Å²) in [4.78, 5) is 41.4. The van der Waals surface area contributed by atoms with Crippen LogP contribution in [0, 0.1) is 17.8 Å². The molecule has 4 aliphatic heterocycles. The quantitative estimate of drug-likeness (QED) is 0.169. The summed E-state index contributed by atoms with van der Waals surface area (Å²) >= 11 is 0. The third-order valence-corrected chi connectivity index (χ3v) is 12.2. The number of amides is 1. The van der Waals surface area contributed by atoms with Gasteiger partial charge in [-0.15, -0.1) is 0 Å². The van der Waals surface area contributed by atoms with Crippen molar-refractivity contribution in [1.29, 1.82) is 0 Å². The van der Waals surface area contributed by atoms with Gasteiger partial charge in [-0.1, -0.05) is 69.2 Å². The number of aromatic amines is 1. The molecule has 3 N–H and O–H groups in total. The van der Waals surface area contributed by atoms with Crippen molar-refractivity contribution in [3.63, 3.8) is 0 Å². The summed E-state index contributed by atoms with van der Waals surface area (Å²) in [6.45, 7) is 4.08. The van der Waals surface area contributed by atoms with Gasteiger partial charge in [-0.25, -0.2) is 9.97 Å². The van der Waals surface area contributed by atoms with Gasteiger partial charge in [0.05, 0.1) is 6.20 Å². The maximum atomic E-state index is 14.3. The third-order valence-electron chi connectivity index (χ3n) is 12.2. The fourth-order valence-electron chi connectivity index (χ4n) is 9.63. The Morgan fingerprint density at radius 3 is 2.69 bits per heavy atom. The first kappa shape index (κ1) is 30.0. The minimum absolute atomic E-state index is 0.0284. The summed E-state index contributed by atoms with van der Waals surface area (Å²) in [5.74, 6) is 1.95. The first-order valence-corrected chi connectivity index (χ1v) is 18.5. The number of ketones is 1. The first-order valence-electron chi connectivity index (χ1n) is 18.5. The van der Waals surface area contributed by atoms with E-state index in [0.29, 0.717) is 35.4 Å². The van der Waals surface area contributed by atoms with E-state index in [1.807, 2.05) is 32.2 Å². The Morgan fingerprint density at radius 1 is 0.981 bits per heavy atom. The maximum absolute atomic E-state index is 14.3. The van der Waals surface area contributed by atoms with Gasteiger partial charge >= 0.3 is 0 Å². The van der Waals surface area contributed by atoms with Crippen LogP contribution >= 0.6 is 0 Å². The lowest BCUT2D eigenvalue weighted by atomic mass is 9.72. The normalized spacial score (nSPS) is 23.8. The minimum Gasteiger partial charge on any atom is -0.469 e. The van der Waals surface area contributed by atoms with Crippen molar-refractivity contribution in [2.75, 3.05) is 5.32 Å². The number of para-hydroxylation sites is 1. The Bertz CT molecular complexity index is 2480. The molecule has 1 fully saturated rings. The van der Waals surface area contributed by atoms with E-state index in [-0.39, 0.29) is 29.9 Å². The lowest BCUT2D eigenvalue weighted by Crippen LogP contribution is -2.40. The van der Waals surface area contributed by atoms with Gasteiger partial charge in [0.1, 0.15) is 23.0 Å². The number of fused-ring (bicyclic) bond motifs is 7. The largest absolute Gasteiger partial charge is 0.469 e. The number of nitrogens with zero attached hydrogens (tertiary/aromatic N) is 2. The molecule has 5 aliphatic rings. The molecule has 3 aromatic carbocycles. The first-order chi connectivity index (χ1) is 25.4. The van der Waals surface area contributed by atoms with E-state index in [9.17, 15) is 9.59 Å². The number of benzene rings is 3. The summed E-state index contributed by atoms with van der Waals surface area (Å²) in [6, 6.07) is 18.2. The Hall–Kier alpha value is -5.64. The van der Waals surface area contributed by atoms with Crippen molar-refractivity contribution in [3.05, 3.63) is 95.3 Å². The highest BCUT2D eigenvalue weighted by molar-refractivity contribution is 6.07. The molecule has 1 spiro atoms. The fraction of sp³-hybridized carbons (Fsp3) is 0.333. The second-order valence-corrected chi connectivity index (χ2v) is 15.5. The van der Waals surface area contributed by atoms with Crippen LogP contribution in [0.1, 0.15) is 80.3 Å². The smallest absolute Gasteiger partial charge is 0.249 e. The Morgan fingerprint density at radius 2 is 1.83 bits per heavy atom. The molecule has 10 nitrogen and oxygen atoms in total. The Kier molecular flexibility index (Phi) is 6.18. The average molecular weight is 692 g/mol. The van der Waals surface area contributed by atoms with Crippen LogP contribution in [0.15, 0.2) is 75.8 Å². The number of carbonyl (C=O) groups excluding carboxylic acids is 2. The van der Waals surface area contributed by atoms with Gasteiger partial charge in [-0.05, 0) is 48.4 Å². The van der Waals surface area contributed by atoms with E-state index in [2.05, 4.69) is 58.1 Å². The van der Waals surface area contributed by atoms with Gasteiger partial charge < -0.3 is 29.2 Å². The summed E-state index contributed by atoms with van der Waals surface area (Å²) < 4.78 is 20.6. The zero-order valence-corrected chi connectivity index (χ0v) is 28.9. The van der Waals surface area contributed by atoms with Crippen molar-refractivity contribution in [2.45, 2.75) is 70.1 Å². The Labute approximate surface area is 299 Å². The van der Waals surface area contributed by atoms with Crippen LogP contribution in [0.2, 0.25) is 0 Å². The maximum Gasteiger partial charge on any atom is 0.249 e. The summed E-state index contributed by atoms with van der Waals surface area (Å²) in [6.07, 6.45) is 7.68. The number of hydrogen-bond donors (Lipinski definition) is 3. The summed E-state index contributed by atoms with van der Waals surface area (Å²) in [5, 5.41) is 8.13. The van der Waals surface area contributed by atoms with E-state index in [4.69, 9.17) is 23.5 Å². The van der Waals surface area contributed by atoms with Crippen LogP contribution in [0.5, 0.6) is 5.75 Å². The molecule has 7 heterocycles. The van der Waals surface area contributed by atoms with E-state index < -0.39 is 23.6 Å². The van der Waals surface area contributed by atoms with E-state index >= 15 is 0 Å². The molecule has 260 valence electrons. The molecular formula is C42H37N5O5. The standard InChI is InChI=1S/C42H37N5O5/c1-20(2)34-40-46-36-37(52-40)42-27-11-5-10-25(24-9-6-12-29-33(24)26(18-43-29)32-19-44-39(36)50-32)35(27)47-41(42)51-31-14-13-21(16-28(31)42)15-23(38(49)45-34)17-30(48)22-7-3-4-8-22/h5-6,9-14,16,18-20,22-23,34,41,43,47H,3-4,7-8,15,17H2,1-2H3,(H,45,49)/t23-,34+,41+,42?/m1/s1. The highest BCUT2D eigenvalue weighted by Gasteiger charge is 2.61. The molecule has 3 aromatic heterocycles. The summed E-state index contributed by atoms with van der Waals surface area (Å²) in [7, 11) is 0. The molecule has 10 heteroatoms. The van der Waals surface area contributed by atoms with Gasteiger partial charge in [0.15, 0.2) is 23.4 Å². The molecule has 0 radical (unpaired) electrons. The van der Waals surface area contributed by atoms with Crippen molar-refractivity contribution < 1.29 is 23.2 Å². The van der Waals surface area contributed by atoms with Gasteiger partial charge in [0.2, 0.25) is 17.7 Å². The predicted molar refractivity (Wildman–Crippen MR) is 194 cm³/mol. The number of Topliss-reactive ketones (excluding diaryl/α,β-unsaturated/α-hetero) is 1. The lowest BCUT2D eigenvalue weighted by Gasteiger charge is -2.28. The fourth-order valence-corrected chi connectivity index (χ4v) is 9.63. The molecule has 6 aromatic rings. The molecule has 1 amide bonds. The molecule has 1 saturated carbocycles. The van der Waals surface area contributed by atoms with E-state index in [1.165, 1.54) is 0 Å². The van der Waals surface area contributed by atoms with Gasteiger partial charge in [0, 0.05) is 63.3 Å². The lowest BCUT2D eigenvalue weighted by molar-refractivity contribution is -0.131. The highest BCUT2D eigenvalue weighted by Crippen LogP contribution is 2.61. The number of anilines is 1. The molecule has 1 unspecified atom stereocenters. The van der Waals surface area contributed by atoms with Crippen molar-refractivity contribution in [2.24, 2.45) is 17.8 Å². The number of rotatable bonds is 4. The van der Waals surface area contributed by atoms with Gasteiger partial charge in [0.25, 0.3) is 0 Å². The third kappa shape index (κ3) is 4.00. The van der Waals surface area contributed by atoms with Crippen molar-refractivity contribution in [3.8, 4) is 39.8 Å². The van der Waals surface area contributed by atoms with E-state index in [0.717, 1.165) is 81.4 Å². The van der Waals surface area contributed by atoms with Crippen LogP contribution in [-0.2, 0) is 21.4 Å². The predicted octanol–water partition coefficient (Wildman–Crippen LogP) is 8.07. The number of H-pyrrole nitrogens is 1. The average Bonchev–Trinajstić information content (AvgIpc) is 3.99. The van der Waals surface area contributed by atoms with Gasteiger partial charge in [-0.2, -0.15) is 0 Å². The number of aromatic nitrogens is 3. The minimum atomic E-state index is -0.986. The highest BCUT2D eigenvalue weighted by atomic mass is 16.5. The van der Waals surface area contributed by atoms with E-state index in [1.54, 1.807) is 6.20 Å². The second-order valence-electron chi connectivity index (χ2n) is 15.5. The molecule has 10 bridgehead atoms. The SMILES string of the molecule is CC(C)[C@@H]1NC(=O)[C@@H](CC(=O)C2CCCC2)Cc2ccc3c(c2)C24c5cccc(c5N[C@H]2O3)-c2cccc3[nH]cc(c23)-c2cnc(o2)-c2nc1oc24. The zero-order valence-electron chi connectivity index (χ0n) is 28.9. The monoisotopic (exact) mass is 691 g/mol. The molecule has 52 heavy (non-hydrogen) atoms. The van der Waals surface area contributed by atoms with Crippen molar-refractivity contribution >= 4 is 28.3 Å². The number of oxazole rings is 2. The molecule has 1 aliphatic carbocycles. The van der Waals surface area contributed by atoms with Crippen molar-refractivity contribution in [1.82, 2.24) is 20.3 Å². The number of ether oxygens (including phenoxy) is 1. The number of carbonyl (C=O) groups is 2. The number of nitrogens with one attached hydrogen (secondary N) is 3. The van der Waals surface area contributed by atoms with Crippen LogP contribution in [-0.4, -0.2) is 32.9 Å². The van der Waals surface area contributed by atoms with Gasteiger partial charge in [-0.3, -0.25) is 9.59 Å². The Balaban J connectivity index is 1.20. The number of hydrogen-bond acceptors (Lipinski definition) is 8. The topological polar surface area (TPSA) is 135 Å². The second kappa shape index (κ2) is 10.7. The molecular weight excluding hydrogens is 654 g/mol.